The first kappa shape index (κ1) is 23.2. The zero-order valence-corrected chi connectivity index (χ0v) is 21.7. The van der Waals surface area contributed by atoms with Gasteiger partial charge in [0.2, 0.25) is 0 Å². The van der Waals surface area contributed by atoms with Crippen LogP contribution in [0.3, 0.4) is 0 Å². The zero-order chi connectivity index (χ0) is 26.3. The van der Waals surface area contributed by atoms with Crippen molar-refractivity contribution >= 4 is 23.6 Å². The van der Waals surface area contributed by atoms with Crippen molar-refractivity contribution in [3.05, 3.63) is 71.9 Å². The number of aromatic nitrogens is 6. The Labute approximate surface area is 216 Å². The van der Waals surface area contributed by atoms with Crippen LogP contribution in [0.5, 0.6) is 5.75 Å². The lowest BCUT2D eigenvalue weighted by molar-refractivity contribution is -0.0506. The van der Waals surface area contributed by atoms with Gasteiger partial charge in [0, 0.05) is 29.3 Å². The summed E-state index contributed by atoms with van der Waals surface area (Å²) in [6, 6.07) is 14.4. The normalized spacial score (nSPS) is 17.8. The highest BCUT2D eigenvalue weighted by Crippen LogP contribution is 2.52. The first-order valence-corrected chi connectivity index (χ1v) is 14.8. The van der Waals surface area contributed by atoms with Crippen molar-refractivity contribution in [3.8, 4) is 28.3 Å². The Hall–Kier alpha value is -3.91. The van der Waals surface area contributed by atoms with Crippen molar-refractivity contribution in [2.75, 3.05) is 13.3 Å². The summed E-state index contributed by atoms with van der Waals surface area (Å²) in [6.07, 6.45) is 2.32. The van der Waals surface area contributed by atoms with Crippen LogP contribution in [0, 0.1) is 6.92 Å². The lowest BCUT2D eigenvalue weighted by Gasteiger charge is -2.21. The van der Waals surface area contributed by atoms with Crippen LogP contribution in [0.2, 0.25) is 0 Å². The molecule has 192 valence electrons. The second-order valence-corrected chi connectivity index (χ2v) is 13.2. The van der Waals surface area contributed by atoms with Gasteiger partial charge in [-0.15, -0.1) is 0 Å². The van der Waals surface area contributed by atoms with E-state index in [4.69, 9.17) is 9.72 Å². The summed E-state index contributed by atoms with van der Waals surface area (Å²) in [4.78, 5) is 14.0. The Kier molecular flexibility index (Phi) is 4.92. The summed E-state index contributed by atoms with van der Waals surface area (Å²) in [6.45, 7) is 2.26. The molecule has 2 bridgehead atoms. The van der Waals surface area contributed by atoms with Crippen molar-refractivity contribution in [2.24, 2.45) is 0 Å². The molecule has 38 heavy (non-hydrogen) atoms. The quantitative estimate of drug-likeness (QED) is 0.288. The van der Waals surface area contributed by atoms with Gasteiger partial charge in [-0.3, -0.25) is 4.98 Å². The highest BCUT2D eigenvalue weighted by molar-refractivity contribution is 7.69. The molecule has 2 aliphatic heterocycles. The van der Waals surface area contributed by atoms with Crippen LogP contribution in [0.15, 0.2) is 54.7 Å². The minimum atomic E-state index is -2.95. The monoisotopic (exact) mass is 532 g/mol. The van der Waals surface area contributed by atoms with E-state index in [1.807, 2.05) is 41.9 Å². The maximum absolute atomic E-state index is 13.5. The number of rotatable bonds is 4. The molecule has 11 heteroatoms. The molecular weight excluding hydrogens is 509 g/mol. The summed E-state index contributed by atoms with van der Waals surface area (Å²) < 4.78 is 48.3. The van der Waals surface area contributed by atoms with Gasteiger partial charge in [0.15, 0.2) is 5.82 Å². The fourth-order valence-corrected chi connectivity index (χ4v) is 6.49. The van der Waals surface area contributed by atoms with Crippen molar-refractivity contribution in [1.29, 1.82) is 0 Å². The third-order valence-electron chi connectivity index (χ3n) is 7.29. The van der Waals surface area contributed by atoms with Gasteiger partial charge >= 0.3 is 6.61 Å². The van der Waals surface area contributed by atoms with Crippen molar-refractivity contribution in [2.45, 2.75) is 32.0 Å². The number of fused-ring (bicyclic) bond motifs is 6. The molecule has 0 saturated carbocycles. The molecule has 8 nitrogen and oxygen atoms in total. The number of ether oxygens (including phenoxy) is 1. The van der Waals surface area contributed by atoms with Gasteiger partial charge in [-0.05, 0) is 50.1 Å². The molecule has 0 aliphatic carbocycles. The standard InChI is InChI=1S/C27H23F2N6O2P/c1-14-31-25-17-5-4-6-22(37-27(28)29)24(17)20-12-21(35(25)33-14)26-32-18-9-7-15(11-19(18)34(20)26)16-8-10-23(30-13-16)38(2,3)36/h4-11,13,20-21,27H,12H2,1-3H3/t20-,21-/m0/s1. The van der Waals surface area contributed by atoms with E-state index < -0.39 is 13.8 Å². The van der Waals surface area contributed by atoms with Crippen molar-refractivity contribution in [1.82, 2.24) is 29.3 Å². The molecular formula is C27H23F2N6O2P. The van der Waals surface area contributed by atoms with Gasteiger partial charge in [0.05, 0.1) is 22.5 Å². The zero-order valence-electron chi connectivity index (χ0n) is 20.8. The molecule has 0 spiro atoms. The number of halogens is 2. The molecule has 0 fully saturated rings. The van der Waals surface area contributed by atoms with Crippen LogP contribution in [-0.4, -0.2) is 49.2 Å². The first-order chi connectivity index (χ1) is 18.2. The molecule has 0 amide bonds. The third-order valence-corrected chi connectivity index (χ3v) is 8.66. The summed E-state index contributed by atoms with van der Waals surface area (Å²) in [5, 5.41) is 4.67. The lowest BCUT2D eigenvalue weighted by Crippen LogP contribution is -2.14. The van der Waals surface area contributed by atoms with E-state index in [9.17, 15) is 13.3 Å². The summed E-state index contributed by atoms with van der Waals surface area (Å²) >= 11 is 0. The molecule has 0 saturated heterocycles. The van der Waals surface area contributed by atoms with E-state index in [0.29, 0.717) is 29.1 Å². The smallest absolute Gasteiger partial charge is 0.387 e. The minimum absolute atomic E-state index is 0.129. The van der Waals surface area contributed by atoms with Crippen LogP contribution in [0.1, 0.15) is 35.7 Å². The maximum atomic E-state index is 13.5. The highest BCUT2D eigenvalue weighted by Gasteiger charge is 2.43. The van der Waals surface area contributed by atoms with Gasteiger partial charge in [0.25, 0.3) is 0 Å². The molecule has 5 aromatic rings. The van der Waals surface area contributed by atoms with Crippen molar-refractivity contribution < 1.29 is 18.1 Å². The van der Waals surface area contributed by atoms with Crippen molar-refractivity contribution in [3.63, 3.8) is 0 Å². The number of pyridine rings is 1. The van der Waals surface area contributed by atoms with Gasteiger partial charge in [-0.25, -0.2) is 14.6 Å². The molecule has 3 aromatic heterocycles. The maximum Gasteiger partial charge on any atom is 0.387 e. The highest BCUT2D eigenvalue weighted by atomic mass is 31.2. The summed E-state index contributed by atoms with van der Waals surface area (Å²) in [7, 11) is -2.46. The Morgan fingerprint density at radius 2 is 1.87 bits per heavy atom. The van der Waals surface area contributed by atoms with E-state index in [-0.39, 0.29) is 17.8 Å². The van der Waals surface area contributed by atoms with Crippen LogP contribution in [0.4, 0.5) is 8.78 Å². The Balaban J connectivity index is 1.44. The number of hydrogen-bond acceptors (Lipinski definition) is 6. The first-order valence-electron chi connectivity index (χ1n) is 12.2. The fourth-order valence-electron chi connectivity index (χ4n) is 5.72. The number of aryl methyl sites for hydroxylation is 1. The van der Waals surface area contributed by atoms with Gasteiger partial charge in [-0.1, -0.05) is 24.3 Å². The molecule has 2 atom stereocenters. The Bertz CT molecular complexity index is 1790. The van der Waals surface area contributed by atoms with Crippen LogP contribution in [0.25, 0.3) is 33.5 Å². The molecule has 0 N–H and O–H groups in total. The van der Waals surface area contributed by atoms with Crippen LogP contribution < -0.4 is 10.2 Å². The van der Waals surface area contributed by atoms with E-state index in [1.54, 1.807) is 37.7 Å². The Morgan fingerprint density at radius 3 is 2.61 bits per heavy atom. The van der Waals surface area contributed by atoms with E-state index >= 15 is 0 Å². The van der Waals surface area contributed by atoms with Crippen LogP contribution in [-0.2, 0) is 4.57 Å². The second kappa shape index (κ2) is 8.04. The predicted octanol–water partition coefficient (Wildman–Crippen LogP) is 5.41. The number of alkyl halides is 2. The fraction of sp³-hybridized carbons (Fsp3) is 0.259. The molecule has 5 heterocycles. The van der Waals surface area contributed by atoms with E-state index in [0.717, 1.165) is 33.5 Å². The third kappa shape index (κ3) is 3.43. The summed E-state index contributed by atoms with van der Waals surface area (Å²) in [5.41, 5.74) is 5.44. The number of benzene rings is 2. The van der Waals surface area contributed by atoms with Gasteiger partial charge < -0.3 is 13.9 Å². The molecule has 0 unspecified atom stereocenters. The average molecular weight is 532 g/mol. The largest absolute Gasteiger partial charge is 0.434 e. The SMILES string of the molecule is Cc1nc2n(n1)[C@H]1C[C@@H](c3c(OC(F)F)cccc3-2)n2c1nc1ccc(-c3ccc(P(C)(C)=O)nc3)cc12. The van der Waals surface area contributed by atoms with Gasteiger partial charge in [-0.2, -0.15) is 13.9 Å². The average Bonchev–Trinajstić information content (AvgIpc) is 3.52. The van der Waals surface area contributed by atoms with Crippen LogP contribution >= 0.6 is 7.14 Å². The summed E-state index contributed by atoms with van der Waals surface area (Å²) in [5.74, 6) is 2.15. The molecule has 0 radical (unpaired) electrons. The number of hydrogen-bond donors (Lipinski definition) is 0. The van der Waals surface area contributed by atoms with Gasteiger partial charge in [0.1, 0.15) is 30.6 Å². The van der Waals surface area contributed by atoms with E-state index in [2.05, 4.69) is 19.6 Å². The molecule has 2 aromatic carbocycles. The second-order valence-electron chi connectivity index (χ2n) is 10.1. The topological polar surface area (TPSA) is 87.7 Å². The van der Waals surface area contributed by atoms with E-state index in [1.165, 1.54) is 0 Å². The molecule has 7 rings (SSSR count). The molecule has 2 aliphatic rings. The number of nitrogens with zero attached hydrogens (tertiary/aromatic N) is 6. The Morgan fingerprint density at radius 1 is 1.05 bits per heavy atom. The number of imidazole rings is 1. The minimum Gasteiger partial charge on any atom is -0.434 e. The lowest BCUT2D eigenvalue weighted by atomic mass is 9.97. The predicted molar refractivity (Wildman–Crippen MR) is 140 cm³/mol.